The average Bonchev–Trinajstić information content (AvgIpc) is 2.80. The lowest BCUT2D eigenvalue weighted by Gasteiger charge is -2.35. The minimum absolute atomic E-state index is 0.180. The van der Waals surface area contributed by atoms with Crippen molar-refractivity contribution in [3.05, 3.63) is 53.7 Å². The Labute approximate surface area is 176 Å². The second-order valence-electron chi connectivity index (χ2n) is 6.99. The summed E-state index contributed by atoms with van der Waals surface area (Å²) in [5.74, 6) is 0.448. The minimum atomic E-state index is -0.353. The van der Waals surface area contributed by atoms with E-state index in [1.54, 1.807) is 41.4 Å². The number of hydrogen-bond acceptors (Lipinski definition) is 6. The molecule has 1 aromatic heterocycles. The molecule has 1 saturated heterocycles. The molecule has 1 aromatic carbocycles. The summed E-state index contributed by atoms with van der Waals surface area (Å²) in [6.07, 6.45) is 3.36. The van der Waals surface area contributed by atoms with Gasteiger partial charge in [-0.3, -0.25) is 0 Å². The third-order valence-electron chi connectivity index (χ3n) is 4.87. The molecule has 0 spiro atoms. The first-order chi connectivity index (χ1) is 14.6. The number of carbonyl (C=O) groups excluding carboxylic acids is 2. The zero-order valence-corrected chi connectivity index (χ0v) is 17.0. The number of urea groups is 1. The maximum Gasteiger partial charge on any atom is 0.338 e. The summed E-state index contributed by atoms with van der Waals surface area (Å²) >= 11 is 0. The summed E-state index contributed by atoms with van der Waals surface area (Å²) in [5.41, 5.74) is 1.62. The van der Waals surface area contributed by atoms with E-state index in [9.17, 15) is 9.59 Å². The van der Waals surface area contributed by atoms with Gasteiger partial charge in [0.1, 0.15) is 11.9 Å². The highest BCUT2D eigenvalue weighted by atomic mass is 16.5. The number of pyridine rings is 1. The van der Waals surface area contributed by atoms with E-state index in [0.29, 0.717) is 49.6 Å². The Morgan fingerprint density at radius 1 is 1.13 bits per heavy atom. The van der Waals surface area contributed by atoms with Crippen molar-refractivity contribution in [2.75, 3.05) is 43.0 Å². The van der Waals surface area contributed by atoms with E-state index in [-0.39, 0.29) is 12.0 Å². The van der Waals surface area contributed by atoms with Crippen LogP contribution >= 0.6 is 0 Å². The molecule has 1 N–H and O–H groups in total. The normalized spacial score (nSPS) is 13.5. The molecule has 8 nitrogen and oxygen atoms in total. The number of anilines is 2. The summed E-state index contributed by atoms with van der Waals surface area (Å²) < 4.78 is 5.18. The number of rotatable bonds is 6. The quantitative estimate of drug-likeness (QED) is 0.583. The van der Waals surface area contributed by atoms with E-state index in [2.05, 4.69) is 21.3 Å². The van der Waals surface area contributed by atoms with Crippen molar-refractivity contribution in [3.8, 4) is 6.07 Å². The largest absolute Gasteiger partial charge is 0.462 e. The second-order valence-corrected chi connectivity index (χ2v) is 6.99. The van der Waals surface area contributed by atoms with Gasteiger partial charge < -0.3 is 19.9 Å². The molecule has 8 heteroatoms. The van der Waals surface area contributed by atoms with Crippen LogP contribution < -0.4 is 10.2 Å². The SMILES string of the molecule is CCCCOC(=O)c1ccc(NC(=O)N2CCN(c3ccc(C#N)cn3)CC2)cc1. The molecule has 156 valence electrons. The molecule has 0 saturated carbocycles. The van der Waals surface area contributed by atoms with Crippen LogP contribution in [0.5, 0.6) is 0 Å². The maximum absolute atomic E-state index is 12.5. The number of piperazine rings is 1. The molecule has 0 aliphatic carbocycles. The molecule has 2 amide bonds. The molecule has 1 aliphatic heterocycles. The molecule has 2 heterocycles. The summed E-state index contributed by atoms with van der Waals surface area (Å²) in [4.78, 5) is 32.6. The molecular formula is C22H25N5O3. The molecule has 1 fully saturated rings. The van der Waals surface area contributed by atoms with Crippen molar-refractivity contribution >= 4 is 23.5 Å². The molecule has 2 aromatic rings. The zero-order valence-electron chi connectivity index (χ0n) is 17.0. The third kappa shape index (κ3) is 5.47. The summed E-state index contributed by atoms with van der Waals surface area (Å²) in [6, 6.07) is 12.1. The topological polar surface area (TPSA) is 98.6 Å². The van der Waals surface area contributed by atoms with Crippen LogP contribution in [-0.4, -0.2) is 54.7 Å². The number of carbonyl (C=O) groups is 2. The van der Waals surface area contributed by atoms with Gasteiger partial charge in [-0.25, -0.2) is 14.6 Å². The molecule has 0 atom stereocenters. The highest BCUT2D eigenvalue weighted by Crippen LogP contribution is 2.16. The summed E-state index contributed by atoms with van der Waals surface area (Å²) in [7, 11) is 0. The molecule has 0 radical (unpaired) electrons. The number of ether oxygens (including phenoxy) is 1. The first-order valence-corrected chi connectivity index (χ1v) is 10.0. The number of hydrogen-bond donors (Lipinski definition) is 1. The monoisotopic (exact) mass is 407 g/mol. The Bertz CT molecular complexity index is 898. The van der Waals surface area contributed by atoms with Crippen LogP contribution in [0.15, 0.2) is 42.6 Å². The van der Waals surface area contributed by atoms with Gasteiger partial charge in [0.2, 0.25) is 0 Å². The van der Waals surface area contributed by atoms with E-state index in [1.807, 2.05) is 13.0 Å². The van der Waals surface area contributed by atoms with Crippen LogP contribution in [0, 0.1) is 11.3 Å². The summed E-state index contributed by atoms with van der Waals surface area (Å²) in [6.45, 7) is 4.90. The molecular weight excluding hydrogens is 382 g/mol. The number of unbranched alkanes of at least 4 members (excludes halogenated alkanes) is 1. The number of benzene rings is 1. The van der Waals surface area contributed by atoms with Gasteiger partial charge in [0.15, 0.2) is 0 Å². The standard InChI is InChI=1S/C22H25N5O3/c1-2-3-14-30-21(28)18-5-7-19(8-6-18)25-22(29)27-12-10-26(11-13-27)20-9-4-17(15-23)16-24-20/h4-9,16H,2-3,10-14H2,1H3,(H,25,29). The Hall–Kier alpha value is -3.60. The predicted octanol–water partition coefficient (Wildman–Crippen LogP) is 3.26. The predicted molar refractivity (Wildman–Crippen MR) is 113 cm³/mol. The van der Waals surface area contributed by atoms with Crippen LogP contribution in [0.1, 0.15) is 35.7 Å². The van der Waals surface area contributed by atoms with Gasteiger partial charge in [0.25, 0.3) is 0 Å². The van der Waals surface area contributed by atoms with Crippen LogP contribution in [-0.2, 0) is 4.74 Å². The number of amides is 2. The van der Waals surface area contributed by atoms with Gasteiger partial charge in [-0.2, -0.15) is 5.26 Å². The fourth-order valence-electron chi connectivity index (χ4n) is 3.06. The number of nitrogens with one attached hydrogen (secondary N) is 1. The van der Waals surface area contributed by atoms with E-state index >= 15 is 0 Å². The van der Waals surface area contributed by atoms with Gasteiger partial charge in [-0.15, -0.1) is 0 Å². The maximum atomic E-state index is 12.5. The molecule has 1 aliphatic rings. The molecule has 0 bridgehead atoms. The van der Waals surface area contributed by atoms with Gasteiger partial charge in [-0.05, 0) is 42.8 Å². The van der Waals surface area contributed by atoms with Gasteiger partial charge in [0.05, 0.1) is 17.7 Å². The first kappa shape index (κ1) is 21.1. The van der Waals surface area contributed by atoms with Crippen molar-refractivity contribution in [2.24, 2.45) is 0 Å². The van der Waals surface area contributed by atoms with Crippen LogP contribution in [0.25, 0.3) is 0 Å². The summed E-state index contributed by atoms with van der Waals surface area (Å²) in [5, 5.41) is 11.7. The van der Waals surface area contributed by atoms with Crippen molar-refractivity contribution in [1.82, 2.24) is 9.88 Å². The van der Waals surface area contributed by atoms with Crippen molar-refractivity contribution in [1.29, 1.82) is 5.26 Å². The number of aromatic nitrogens is 1. The fraction of sp³-hybridized carbons (Fsp3) is 0.364. The van der Waals surface area contributed by atoms with E-state index in [4.69, 9.17) is 10.00 Å². The van der Waals surface area contributed by atoms with Crippen LogP contribution in [0.3, 0.4) is 0 Å². The molecule has 3 rings (SSSR count). The Balaban J connectivity index is 1.48. The second kappa shape index (κ2) is 10.3. The van der Waals surface area contributed by atoms with E-state index in [1.165, 1.54) is 0 Å². The minimum Gasteiger partial charge on any atom is -0.462 e. The lowest BCUT2D eigenvalue weighted by atomic mass is 10.2. The van der Waals surface area contributed by atoms with Crippen molar-refractivity contribution < 1.29 is 14.3 Å². The Kier molecular flexibility index (Phi) is 7.22. The third-order valence-corrected chi connectivity index (χ3v) is 4.87. The van der Waals surface area contributed by atoms with Gasteiger partial charge >= 0.3 is 12.0 Å². The zero-order chi connectivity index (χ0) is 21.3. The molecule has 30 heavy (non-hydrogen) atoms. The number of nitrogens with zero attached hydrogens (tertiary/aromatic N) is 4. The lowest BCUT2D eigenvalue weighted by Crippen LogP contribution is -2.50. The van der Waals surface area contributed by atoms with Crippen molar-refractivity contribution in [2.45, 2.75) is 19.8 Å². The van der Waals surface area contributed by atoms with Gasteiger partial charge in [-0.1, -0.05) is 13.3 Å². The fourth-order valence-corrected chi connectivity index (χ4v) is 3.06. The van der Waals surface area contributed by atoms with Crippen molar-refractivity contribution in [3.63, 3.8) is 0 Å². The number of nitriles is 1. The number of esters is 1. The highest BCUT2D eigenvalue weighted by Gasteiger charge is 2.22. The van der Waals surface area contributed by atoms with E-state index < -0.39 is 0 Å². The van der Waals surface area contributed by atoms with Crippen LogP contribution in [0.4, 0.5) is 16.3 Å². The lowest BCUT2D eigenvalue weighted by molar-refractivity contribution is 0.0500. The highest BCUT2D eigenvalue weighted by molar-refractivity contribution is 5.92. The molecule has 0 unspecified atom stereocenters. The Morgan fingerprint density at radius 3 is 2.47 bits per heavy atom. The van der Waals surface area contributed by atoms with Crippen LogP contribution in [0.2, 0.25) is 0 Å². The van der Waals surface area contributed by atoms with Gasteiger partial charge in [0, 0.05) is 38.1 Å². The Morgan fingerprint density at radius 2 is 1.87 bits per heavy atom. The van der Waals surface area contributed by atoms with E-state index in [0.717, 1.165) is 18.7 Å². The average molecular weight is 407 g/mol. The smallest absolute Gasteiger partial charge is 0.338 e. The first-order valence-electron chi connectivity index (χ1n) is 10.0.